The van der Waals surface area contributed by atoms with Crippen molar-refractivity contribution in [2.45, 2.75) is 26.4 Å². The third-order valence-electron chi connectivity index (χ3n) is 3.05. The topological polar surface area (TPSA) is 71.4 Å². The molecule has 0 atom stereocenters. The molecule has 0 spiro atoms. The maximum absolute atomic E-state index is 5.11. The molecule has 0 amide bonds. The van der Waals surface area contributed by atoms with E-state index in [-0.39, 0.29) is 24.0 Å². The number of rotatable bonds is 6. The molecule has 0 aliphatic carbocycles. The molecule has 0 radical (unpaired) electrons. The lowest BCUT2D eigenvalue weighted by molar-refractivity contribution is 0.397. The number of halogens is 1. The molecular weight excluding hydrogens is 425 g/mol. The first-order valence-electron chi connectivity index (χ1n) is 7.12. The number of ether oxygens (including phenoxy) is 1. The van der Waals surface area contributed by atoms with Gasteiger partial charge in [0.25, 0.3) is 0 Å². The summed E-state index contributed by atoms with van der Waals surface area (Å²) in [5, 5.41) is 7.58. The van der Waals surface area contributed by atoms with Crippen molar-refractivity contribution >= 4 is 41.3 Å². The summed E-state index contributed by atoms with van der Waals surface area (Å²) in [4.78, 5) is 14.0. The van der Waals surface area contributed by atoms with Gasteiger partial charge in [-0.3, -0.25) is 4.99 Å². The molecule has 2 heterocycles. The van der Waals surface area contributed by atoms with Crippen LogP contribution < -0.4 is 15.4 Å². The van der Waals surface area contributed by atoms with E-state index in [1.165, 1.54) is 4.88 Å². The monoisotopic (exact) mass is 447 g/mol. The van der Waals surface area contributed by atoms with Gasteiger partial charge in [-0.25, -0.2) is 9.97 Å². The van der Waals surface area contributed by atoms with E-state index in [4.69, 9.17) is 4.74 Å². The molecule has 2 N–H and O–H groups in total. The number of aryl methyl sites for hydroxylation is 1. The maximum atomic E-state index is 5.11. The molecule has 0 bridgehead atoms. The van der Waals surface area contributed by atoms with Gasteiger partial charge in [-0.2, -0.15) is 0 Å². The minimum absolute atomic E-state index is 0. The van der Waals surface area contributed by atoms with Crippen molar-refractivity contribution in [1.82, 2.24) is 20.6 Å². The van der Waals surface area contributed by atoms with Crippen LogP contribution in [-0.2, 0) is 19.5 Å². The molecule has 0 fully saturated rings. The molecule has 23 heavy (non-hydrogen) atoms. The van der Waals surface area contributed by atoms with Crippen molar-refractivity contribution in [2.24, 2.45) is 4.99 Å². The van der Waals surface area contributed by atoms with Crippen LogP contribution in [0.4, 0.5) is 0 Å². The molecule has 6 nitrogen and oxygen atoms in total. The summed E-state index contributed by atoms with van der Waals surface area (Å²) in [6, 6.07) is 3.84. The van der Waals surface area contributed by atoms with Gasteiger partial charge in [-0.05, 0) is 18.1 Å². The second-order valence-corrected chi connectivity index (χ2v) is 5.76. The van der Waals surface area contributed by atoms with Gasteiger partial charge in [-0.15, -0.1) is 35.3 Å². The fraction of sp³-hybridized carbons (Fsp3) is 0.400. The SMILES string of the molecule is CCc1cnc(CNC(=NC)NCc2ccnc(OC)c2)s1.I. The predicted molar refractivity (Wildman–Crippen MR) is 105 cm³/mol. The Morgan fingerprint density at radius 3 is 2.74 bits per heavy atom. The average Bonchev–Trinajstić information content (AvgIpc) is 3.03. The number of nitrogens with zero attached hydrogens (tertiary/aromatic N) is 3. The summed E-state index contributed by atoms with van der Waals surface area (Å²) in [5.74, 6) is 1.35. The van der Waals surface area contributed by atoms with Gasteiger partial charge in [0.2, 0.25) is 5.88 Å². The van der Waals surface area contributed by atoms with Crippen LogP contribution in [0.5, 0.6) is 5.88 Å². The fourth-order valence-corrected chi connectivity index (χ4v) is 2.63. The molecule has 0 aliphatic rings. The Balaban J connectivity index is 0.00000264. The van der Waals surface area contributed by atoms with Crippen molar-refractivity contribution in [3.63, 3.8) is 0 Å². The number of pyridine rings is 1. The molecule has 0 aliphatic heterocycles. The van der Waals surface area contributed by atoms with Crippen LogP contribution in [-0.4, -0.2) is 30.1 Å². The van der Waals surface area contributed by atoms with Gasteiger partial charge >= 0.3 is 0 Å². The Morgan fingerprint density at radius 1 is 1.30 bits per heavy atom. The zero-order valence-corrected chi connectivity index (χ0v) is 16.6. The lowest BCUT2D eigenvalue weighted by atomic mass is 10.2. The van der Waals surface area contributed by atoms with Gasteiger partial charge in [-0.1, -0.05) is 6.92 Å². The first-order valence-corrected chi connectivity index (χ1v) is 7.93. The molecule has 0 saturated carbocycles. The second kappa shape index (κ2) is 10.4. The lowest BCUT2D eigenvalue weighted by Gasteiger charge is -2.11. The third kappa shape index (κ3) is 6.30. The van der Waals surface area contributed by atoms with E-state index in [9.17, 15) is 0 Å². The number of aromatic nitrogens is 2. The van der Waals surface area contributed by atoms with Gasteiger partial charge < -0.3 is 15.4 Å². The van der Waals surface area contributed by atoms with Crippen LogP contribution in [0.15, 0.2) is 29.5 Å². The molecule has 126 valence electrons. The van der Waals surface area contributed by atoms with Gasteiger partial charge in [0, 0.05) is 36.9 Å². The average molecular weight is 447 g/mol. The zero-order chi connectivity index (χ0) is 15.8. The molecule has 0 aromatic carbocycles. The molecule has 2 aromatic heterocycles. The van der Waals surface area contributed by atoms with E-state index < -0.39 is 0 Å². The fourth-order valence-electron chi connectivity index (χ4n) is 1.83. The van der Waals surface area contributed by atoms with Gasteiger partial charge in [0.1, 0.15) is 5.01 Å². The van der Waals surface area contributed by atoms with Crippen molar-refractivity contribution in [2.75, 3.05) is 14.2 Å². The summed E-state index contributed by atoms with van der Waals surface area (Å²) < 4.78 is 5.11. The van der Waals surface area contributed by atoms with E-state index in [0.29, 0.717) is 19.0 Å². The quantitative estimate of drug-likeness (QED) is 0.405. The van der Waals surface area contributed by atoms with Crippen LogP contribution in [0.1, 0.15) is 22.4 Å². The maximum Gasteiger partial charge on any atom is 0.213 e. The molecule has 2 aromatic rings. The van der Waals surface area contributed by atoms with E-state index in [0.717, 1.165) is 23.0 Å². The highest BCUT2D eigenvalue weighted by atomic mass is 127. The summed E-state index contributed by atoms with van der Waals surface area (Å²) in [7, 11) is 3.36. The molecular formula is C15H22IN5OS. The van der Waals surface area contributed by atoms with Crippen LogP contribution in [0.3, 0.4) is 0 Å². The molecule has 8 heteroatoms. The summed E-state index contributed by atoms with van der Waals surface area (Å²) >= 11 is 1.72. The minimum Gasteiger partial charge on any atom is -0.481 e. The van der Waals surface area contributed by atoms with Crippen LogP contribution >= 0.6 is 35.3 Å². The number of guanidine groups is 1. The normalized spacial score (nSPS) is 10.8. The molecule has 0 unspecified atom stereocenters. The summed E-state index contributed by atoms with van der Waals surface area (Å²) in [6.07, 6.45) is 4.68. The van der Waals surface area contributed by atoms with E-state index in [1.54, 1.807) is 31.7 Å². The summed E-state index contributed by atoms with van der Waals surface area (Å²) in [6.45, 7) is 3.45. The Kier molecular flexibility index (Phi) is 8.85. The summed E-state index contributed by atoms with van der Waals surface area (Å²) in [5.41, 5.74) is 1.08. The first-order chi connectivity index (χ1) is 10.7. The lowest BCUT2D eigenvalue weighted by Crippen LogP contribution is -2.36. The number of methoxy groups -OCH3 is 1. The molecule has 2 rings (SSSR count). The Morgan fingerprint density at radius 2 is 2.09 bits per heavy atom. The van der Waals surface area contributed by atoms with Crippen LogP contribution in [0, 0.1) is 0 Å². The highest BCUT2D eigenvalue weighted by Crippen LogP contribution is 2.12. The first kappa shape index (κ1) is 19.6. The van der Waals surface area contributed by atoms with E-state index in [2.05, 4.69) is 32.5 Å². The Hall–Kier alpha value is -1.42. The Labute approximate surface area is 157 Å². The van der Waals surface area contributed by atoms with Gasteiger partial charge in [0.05, 0.1) is 13.7 Å². The third-order valence-corrected chi connectivity index (χ3v) is 4.19. The zero-order valence-electron chi connectivity index (χ0n) is 13.5. The number of thiazole rings is 1. The number of hydrogen-bond donors (Lipinski definition) is 2. The highest BCUT2D eigenvalue weighted by molar-refractivity contribution is 14.0. The van der Waals surface area contributed by atoms with Crippen molar-refractivity contribution in [1.29, 1.82) is 0 Å². The van der Waals surface area contributed by atoms with Gasteiger partial charge in [0.15, 0.2) is 5.96 Å². The van der Waals surface area contributed by atoms with Crippen molar-refractivity contribution in [3.8, 4) is 5.88 Å². The second-order valence-electron chi connectivity index (χ2n) is 4.56. The number of hydrogen-bond acceptors (Lipinski definition) is 5. The van der Waals surface area contributed by atoms with Crippen LogP contribution in [0.2, 0.25) is 0 Å². The minimum atomic E-state index is 0. The number of aliphatic imine (C=N–C) groups is 1. The van der Waals surface area contributed by atoms with Crippen molar-refractivity contribution < 1.29 is 4.74 Å². The van der Waals surface area contributed by atoms with Crippen LogP contribution in [0.25, 0.3) is 0 Å². The largest absolute Gasteiger partial charge is 0.481 e. The van der Waals surface area contributed by atoms with E-state index in [1.807, 2.05) is 18.3 Å². The molecule has 0 saturated heterocycles. The Bertz CT molecular complexity index is 632. The highest BCUT2D eigenvalue weighted by Gasteiger charge is 2.03. The predicted octanol–water partition coefficient (Wildman–Crippen LogP) is 2.59. The smallest absolute Gasteiger partial charge is 0.213 e. The standard InChI is InChI=1S/C15H21N5OS.HI/c1-4-12-9-18-14(22-12)10-20-15(16-2)19-8-11-5-6-17-13(7-11)21-3;/h5-7,9H,4,8,10H2,1-3H3,(H2,16,19,20);1H. The van der Waals surface area contributed by atoms with Crippen molar-refractivity contribution in [3.05, 3.63) is 40.0 Å². The number of nitrogens with one attached hydrogen (secondary N) is 2. The van der Waals surface area contributed by atoms with E-state index >= 15 is 0 Å².